The molecule has 32 heavy (non-hydrogen) atoms. The minimum atomic E-state index is -0.166. The normalized spacial score (nSPS) is 19.2. The van der Waals surface area contributed by atoms with Gasteiger partial charge in [0.15, 0.2) is 0 Å². The molecule has 1 amide bonds. The number of amides is 1. The number of fused-ring (bicyclic) bond motifs is 1. The zero-order valence-electron chi connectivity index (χ0n) is 19.0. The van der Waals surface area contributed by atoms with Crippen LogP contribution in [0.4, 0.5) is 5.82 Å². The summed E-state index contributed by atoms with van der Waals surface area (Å²) in [6.07, 6.45) is 3.50. The molecule has 0 bridgehead atoms. The van der Waals surface area contributed by atoms with Crippen molar-refractivity contribution in [3.8, 4) is 0 Å². The summed E-state index contributed by atoms with van der Waals surface area (Å²) in [4.78, 5) is 38.1. The summed E-state index contributed by atoms with van der Waals surface area (Å²) in [5, 5.41) is 0. The van der Waals surface area contributed by atoms with E-state index in [0.29, 0.717) is 38.7 Å². The van der Waals surface area contributed by atoms with Crippen molar-refractivity contribution in [2.24, 2.45) is 5.92 Å². The van der Waals surface area contributed by atoms with Gasteiger partial charge in [0.05, 0.1) is 10.5 Å². The fourth-order valence-electron chi connectivity index (χ4n) is 4.04. The van der Waals surface area contributed by atoms with Gasteiger partial charge in [-0.2, -0.15) is 0 Å². The first-order chi connectivity index (χ1) is 15.3. The Labute approximate surface area is 198 Å². The Kier molecular flexibility index (Phi) is 6.69. The molecule has 0 aromatic carbocycles. The van der Waals surface area contributed by atoms with Gasteiger partial charge >= 0.3 is 0 Å². The van der Waals surface area contributed by atoms with Crippen molar-refractivity contribution in [2.45, 2.75) is 27.7 Å². The van der Waals surface area contributed by atoms with E-state index in [1.54, 1.807) is 21.6 Å². The number of likely N-dealkylation sites (N-methyl/N-ethyl adjacent to an activating group) is 1. The number of thiocarbonyl (C=S) groups is 1. The number of carbonyl (C=O) groups excluding carboxylic acids is 1. The summed E-state index contributed by atoms with van der Waals surface area (Å²) >= 11 is 6.71. The number of pyridine rings is 1. The third-order valence-corrected chi connectivity index (χ3v) is 7.18. The highest BCUT2D eigenvalue weighted by atomic mass is 32.2. The van der Waals surface area contributed by atoms with Crippen LogP contribution in [0.2, 0.25) is 0 Å². The minimum Gasteiger partial charge on any atom is -0.353 e. The molecular weight excluding hydrogens is 442 g/mol. The van der Waals surface area contributed by atoms with Gasteiger partial charge in [-0.1, -0.05) is 50.8 Å². The van der Waals surface area contributed by atoms with E-state index >= 15 is 0 Å². The summed E-state index contributed by atoms with van der Waals surface area (Å²) < 4.78 is 2.11. The maximum atomic E-state index is 13.6. The third-order valence-electron chi connectivity index (χ3n) is 5.80. The van der Waals surface area contributed by atoms with Crippen molar-refractivity contribution in [3.63, 3.8) is 0 Å². The lowest BCUT2D eigenvalue weighted by Crippen LogP contribution is -2.47. The minimum absolute atomic E-state index is 0.135. The summed E-state index contributed by atoms with van der Waals surface area (Å²) in [5.74, 6) is 0.811. The molecular formula is C23H29N5O2S2. The molecule has 0 spiro atoms. The fraction of sp³-hybridized carbons (Fsp3) is 0.478. The summed E-state index contributed by atoms with van der Waals surface area (Å²) in [6.45, 7) is 13.2. The van der Waals surface area contributed by atoms with Gasteiger partial charge in [-0.15, -0.1) is 0 Å². The molecule has 2 saturated heterocycles. The number of piperazine rings is 1. The molecule has 0 aliphatic carbocycles. The molecule has 2 aliphatic heterocycles. The lowest BCUT2D eigenvalue weighted by Gasteiger charge is -2.35. The Morgan fingerprint density at radius 1 is 1.19 bits per heavy atom. The highest BCUT2D eigenvalue weighted by Gasteiger charge is 2.33. The van der Waals surface area contributed by atoms with Crippen molar-refractivity contribution in [1.82, 2.24) is 19.2 Å². The monoisotopic (exact) mass is 471 g/mol. The topological polar surface area (TPSA) is 61.2 Å². The van der Waals surface area contributed by atoms with Crippen LogP contribution in [0.1, 0.15) is 31.9 Å². The predicted molar refractivity (Wildman–Crippen MR) is 135 cm³/mol. The summed E-state index contributed by atoms with van der Waals surface area (Å²) in [5.41, 5.74) is 1.86. The highest BCUT2D eigenvalue weighted by molar-refractivity contribution is 8.26. The Balaban J connectivity index is 1.81. The van der Waals surface area contributed by atoms with E-state index in [-0.39, 0.29) is 11.5 Å². The zero-order valence-corrected chi connectivity index (χ0v) is 20.6. The Morgan fingerprint density at radius 2 is 1.91 bits per heavy atom. The number of hydrogen-bond donors (Lipinski definition) is 0. The maximum Gasteiger partial charge on any atom is 0.267 e. The van der Waals surface area contributed by atoms with Gasteiger partial charge in [0, 0.05) is 38.9 Å². The van der Waals surface area contributed by atoms with Gasteiger partial charge in [0.1, 0.15) is 15.8 Å². The van der Waals surface area contributed by atoms with E-state index in [4.69, 9.17) is 17.2 Å². The van der Waals surface area contributed by atoms with Crippen LogP contribution in [-0.4, -0.2) is 68.7 Å². The van der Waals surface area contributed by atoms with Crippen LogP contribution in [0.15, 0.2) is 28.0 Å². The second-order valence-electron chi connectivity index (χ2n) is 8.70. The molecule has 4 heterocycles. The van der Waals surface area contributed by atoms with Crippen LogP contribution in [0, 0.1) is 12.8 Å². The smallest absolute Gasteiger partial charge is 0.267 e. The number of anilines is 1. The molecule has 7 nitrogen and oxygen atoms in total. The van der Waals surface area contributed by atoms with Crippen LogP contribution in [0.5, 0.6) is 0 Å². The Morgan fingerprint density at radius 3 is 2.56 bits per heavy atom. The second kappa shape index (κ2) is 9.33. The van der Waals surface area contributed by atoms with Crippen LogP contribution in [0.25, 0.3) is 11.7 Å². The average molecular weight is 472 g/mol. The average Bonchev–Trinajstić information content (AvgIpc) is 3.03. The molecule has 2 fully saturated rings. The highest BCUT2D eigenvalue weighted by Crippen LogP contribution is 2.34. The SMILES string of the molecule is CCN1CCN(c2nc3ccc(C)cn3c(=O)c2/C=C2/SC(=S)N(CC(C)C)C2=O)CC1. The molecule has 2 aliphatic rings. The van der Waals surface area contributed by atoms with E-state index < -0.39 is 0 Å². The Bertz CT molecular complexity index is 1150. The van der Waals surface area contributed by atoms with E-state index in [1.165, 1.54) is 11.8 Å². The Hall–Kier alpha value is -2.23. The maximum absolute atomic E-state index is 13.6. The number of aromatic nitrogens is 2. The molecule has 170 valence electrons. The molecule has 2 aromatic rings. The number of nitrogens with zero attached hydrogens (tertiary/aromatic N) is 5. The number of aryl methyl sites for hydroxylation is 1. The van der Waals surface area contributed by atoms with Gasteiger partial charge in [-0.05, 0) is 37.1 Å². The summed E-state index contributed by atoms with van der Waals surface area (Å²) in [7, 11) is 0. The lowest BCUT2D eigenvalue weighted by atomic mass is 10.2. The largest absolute Gasteiger partial charge is 0.353 e. The number of thioether (sulfide) groups is 1. The van der Waals surface area contributed by atoms with Crippen molar-refractivity contribution >= 4 is 51.7 Å². The van der Waals surface area contributed by atoms with Gasteiger partial charge in [0.25, 0.3) is 11.5 Å². The first-order valence-corrected chi connectivity index (χ1v) is 12.3. The molecule has 0 saturated carbocycles. The first-order valence-electron chi connectivity index (χ1n) is 11.0. The predicted octanol–water partition coefficient (Wildman–Crippen LogP) is 3.00. The molecule has 2 aromatic heterocycles. The van der Waals surface area contributed by atoms with Crippen molar-refractivity contribution in [2.75, 3.05) is 44.2 Å². The van der Waals surface area contributed by atoms with E-state index in [2.05, 4.69) is 30.6 Å². The van der Waals surface area contributed by atoms with Crippen LogP contribution < -0.4 is 10.5 Å². The first kappa shape index (κ1) is 22.9. The molecule has 0 atom stereocenters. The summed E-state index contributed by atoms with van der Waals surface area (Å²) in [6, 6.07) is 3.83. The third kappa shape index (κ3) is 4.46. The van der Waals surface area contributed by atoms with E-state index in [0.717, 1.165) is 38.3 Å². The van der Waals surface area contributed by atoms with Crippen molar-refractivity contribution in [3.05, 3.63) is 44.7 Å². The lowest BCUT2D eigenvalue weighted by molar-refractivity contribution is -0.122. The molecule has 0 N–H and O–H groups in total. The van der Waals surface area contributed by atoms with Gasteiger partial charge in [0.2, 0.25) is 0 Å². The standard InChI is InChI=1S/C23H29N5O2S2/c1-5-25-8-10-26(11-9-25)20-17(21(29)27-14-16(4)6-7-19(27)24-20)12-18-22(30)28(13-15(2)3)23(31)32-18/h6-7,12,14-15H,5,8-11,13H2,1-4H3/b18-12+. The van der Waals surface area contributed by atoms with Gasteiger partial charge in [-0.25, -0.2) is 4.98 Å². The number of carbonyl (C=O) groups is 1. The quantitative estimate of drug-likeness (QED) is 0.491. The number of hydrogen-bond acceptors (Lipinski definition) is 7. The van der Waals surface area contributed by atoms with E-state index in [9.17, 15) is 9.59 Å². The van der Waals surface area contributed by atoms with Crippen LogP contribution in [0.3, 0.4) is 0 Å². The zero-order chi connectivity index (χ0) is 23.0. The van der Waals surface area contributed by atoms with Gasteiger partial charge < -0.3 is 9.80 Å². The number of rotatable bonds is 5. The molecule has 0 unspecified atom stereocenters. The van der Waals surface area contributed by atoms with Gasteiger partial charge in [-0.3, -0.25) is 18.9 Å². The van der Waals surface area contributed by atoms with Crippen molar-refractivity contribution in [1.29, 1.82) is 0 Å². The molecule has 9 heteroatoms. The van der Waals surface area contributed by atoms with Crippen LogP contribution in [-0.2, 0) is 4.79 Å². The van der Waals surface area contributed by atoms with E-state index in [1.807, 2.05) is 19.1 Å². The fourth-order valence-corrected chi connectivity index (χ4v) is 5.30. The second-order valence-corrected chi connectivity index (χ2v) is 10.4. The molecule has 0 radical (unpaired) electrons. The van der Waals surface area contributed by atoms with Crippen LogP contribution >= 0.6 is 24.0 Å². The van der Waals surface area contributed by atoms with Crippen molar-refractivity contribution < 1.29 is 4.79 Å². The molecule has 4 rings (SSSR count).